The predicted octanol–water partition coefficient (Wildman–Crippen LogP) is 1.20. The number of nitrogens with zero attached hydrogens (tertiary/aromatic N) is 1. The second-order valence-electron chi connectivity index (χ2n) is 7.47. The average Bonchev–Trinajstić information content (AvgIpc) is 3.01. The summed E-state index contributed by atoms with van der Waals surface area (Å²) in [5, 5.41) is 14.7. The van der Waals surface area contributed by atoms with Gasteiger partial charge in [0.15, 0.2) is 11.5 Å². The van der Waals surface area contributed by atoms with Crippen LogP contribution in [-0.4, -0.2) is 29.0 Å². The molecule has 3 aromatic rings. The molecule has 162 valence electrons. The van der Waals surface area contributed by atoms with Gasteiger partial charge in [-0.3, -0.25) is 9.89 Å². The van der Waals surface area contributed by atoms with Crippen molar-refractivity contribution in [1.82, 2.24) is 9.78 Å². The molecular formula is C24H25N2O5-. The van der Waals surface area contributed by atoms with Crippen LogP contribution in [0, 0.1) is 5.92 Å². The molecule has 0 radical (unpaired) electrons. The molecule has 0 aliphatic heterocycles. The molecule has 1 N–H and O–H groups in total. The van der Waals surface area contributed by atoms with Crippen molar-refractivity contribution in [2.75, 3.05) is 13.2 Å². The molecule has 1 heterocycles. The summed E-state index contributed by atoms with van der Waals surface area (Å²) in [6, 6.07) is 11.3. The van der Waals surface area contributed by atoms with Gasteiger partial charge in [-0.15, -0.1) is 0 Å². The molecule has 0 bridgehead atoms. The number of aromatic amines is 1. The second kappa shape index (κ2) is 9.38. The number of nitrogens with one attached hydrogen (secondary N) is 1. The van der Waals surface area contributed by atoms with Crippen molar-refractivity contribution in [1.29, 1.82) is 0 Å². The Kier molecular flexibility index (Phi) is 6.65. The molecule has 1 aromatic heterocycles. The highest BCUT2D eigenvalue weighted by Crippen LogP contribution is 2.29. The van der Waals surface area contributed by atoms with E-state index in [4.69, 9.17) is 9.47 Å². The summed E-state index contributed by atoms with van der Waals surface area (Å²) >= 11 is 0. The Morgan fingerprint density at radius 1 is 1.16 bits per heavy atom. The lowest BCUT2D eigenvalue weighted by molar-refractivity contribution is -0.255. The number of benzene rings is 2. The topological polar surface area (TPSA) is 96.4 Å². The number of ether oxygens (including phenoxy) is 2. The Morgan fingerprint density at radius 2 is 1.87 bits per heavy atom. The Bertz CT molecular complexity index is 1240. The van der Waals surface area contributed by atoms with Gasteiger partial charge < -0.3 is 19.4 Å². The Labute approximate surface area is 179 Å². The third-order valence-electron chi connectivity index (χ3n) is 4.52. The van der Waals surface area contributed by atoms with Gasteiger partial charge in [0.2, 0.25) is 0 Å². The lowest BCUT2D eigenvalue weighted by atomic mass is 10.1. The third kappa shape index (κ3) is 5.06. The Balaban J connectivity index is 2.00. The summed E-state index contributed by atoms with van der Waals surface area (Å²) in [7, 11) is 0. The molecular weight excluding hydrogens is 396 g/mol. The number of rotatable bonds is 8. The average molecular weight is 421 g/mol. The standard InChI is InChI=1S/C24H26N2O5/c1-5-30-22-13-17(6-11-21(22)31-14-15(2)3)12-20-16(4)25-26(23(20)27)19-9-7-18(8-10-19)24(28)29/h6-13,15,25H,4-5,14H2,1-3H3,(H,28,29)/p-1/b20-12+. The quantitative estimate of drug-likeness (QED) is 0.590. The van der Waals surface area contributed by atoms with E-state index in [-0.39, 0.29) is 11.1 Å². The first-order valence-electron chi connectivity index (χ1n) is 10.0. The van der Waals surface area contributed by atoms with Gasteiger partial charge in [0.05, 0.1) is 35.4 Å². The fourth-order valence-corrected chi connectivity index (χ4v) is 3.00. The molecule has 0 aliphatic carbocycles. The number of hydrogen-bond acceptors (Lipinski definition) is 5. The van der Waals surface area contributed by atoms with Gasteiger partial charge in [-0.2, -0.15) is 0 Å². The summed E-state index contributed by atoms with van der Waals surface area (Å²) in [5.41, 5.74) is 0.991. The van der Waals surface area contributed by atoms with Crippen LogP contribution in [-0.2, 0) is 0 Å². The molecule has 0 saturated heterocycles. The Hall–Kier alpha value is -3.74. The van der Waals surface area contributed by atoms with Crippen molar-refractivity contribution in [3.05, 3.63) is 74.5 Å². The molecule has 0 saturated carbocycles. The smallest absolute Gasteiger partial charge is 0.279 e. The molecule has 7 nitrogen and oxygen atoms in total. The minimum absolute atomic E-state index is 0.0354. The normalized spacial score (nSPS) is 11.7. The molecule has 0 fully saturated rings. The largest absolute Gasteiger partial charge is 0.545 e. The van der Waals surface area contributed by atoms with E-state index < -0.39 is 5.97 Å². The van der Waals surface area contributed by atoms with Crippen LogP contribution in [0.3, 0.4) is 0 Å². The summed E-state index contributed by atoms with van der Waals surface area (Å²) < 4.78 is 12.8. The zero-order valence-electron chi connectivity index (χ0n) is 17.8. The van der Waals surface area contributed by atoms with Crippen LogP contribution in [0.25, 0.3) is 18.3 Å². The van der Waals surface area contributed by atoms with Gasteiger partial charge in [0.1, 0.15) is 0 Å². The highest BCUT2D eigenvalue weighted by molar-refractivity contribution is 5.85. The van der Waals surface area contributed by atoms with Crippen molar-refractivity contribution in [3.63, 3.8) is 0 Å². The van der Waals surface area contributed by atoms with Gasteiger partial charge in [0, 0.05) is 0 Å². The zero-order chi connectivity index (χ0) is 22.5. The molecule has 2 aromatic carbocycles. The number of carbonyl (C=O) groups excluding carboxylic acids is 1. The monoisotopic (exact) mass is 421 g/mol. The zero-order valence-corrected chi connectivity index (χ0v) is 17.8. The van der Waals surface area contributed by atoms with Crippen LogP contribution in [0.2, 0.25) is 0 Å². The van der Waals surface area contributed by atoms with E-state index in [1.165, 1.54) is 28.9 Å². The van der Waals surface area contributed by atoms with E-state index in [1.807, 2.05) is 25.1 Å². The first-order chi connectivity index (χ1) is 14.8. The summed E-state index contributed by atoms with van der Waals surface area (Å²) in [6.07, 6.45) is 1.72. The van der Waals surface area contributed by atoms with Crippen LogP contribution in [0.1, 0.15) is 36.7 Å². The van der Waals surface area contributed by atoms with Gasteiger partial charge >= 0.3 is 0 Å². The number of carbonyl (C=O) groups is 1. The highest BCUT2D eigenvalue weighted by atomic mass is 16.5. The van der Waals surface area contributed by atoms with Gasteiger partial charge in [-0.1, -0.05) is 38.6 Å². The third-order valence-corrected chi connectivity index (χ3v) is 4.52. The van der Waals surface area contributed by atoms with E-state index in [0.717, 1.165) is 5.56 Å². The molecule has 0 unspecified atom stereocenters. The maximum Gasteiger partial charge on any atom is 0.279 e. The summed E-state index contributed by atoms with van der Waals surface area (Å²) in [6.45, 7) is 11.0. The second-order valence-corrected chi connectivity index (χ2v) is 7.47. The number of carboxylic acids is 1. The molecule has 7 heteroatoms. The molecule has 0 atom stereocenters. The molecule has 0 amide bonds. The molecule has 0 aliphatic rings. The lowest BCUT2D eigenvalue weighted by Gasteiger charge is -2.13. The van der Waals surface area contributed by atoms with Crippen molar-refractivity contribution < 1.29 is 19.4 Å². The minimum Gasteiger partial charge on any atom is -0.545 e. The van der Waals surface area contributed by atoms with Gasteiger partial charge in [-0.05, 0) is 54.3 Å². The number of carboxylic acid groups (broad SMARTS) is 1. The van der Waals surface area contributed by atoms with Gasteiger partial charge in [-0.25, -0.2) is 4.68 Å². The number of hydrogen-bond donors (Lipinski definition) is 1. The maximum atomic E-state index is 12.9. The van der Waals surface area contributed by atoms with E-state index >= 15 is 0 Å². The number of aromatic nitrogens is 2. The fourth-order valence-electron chi connectivity index (χ4n) is 3.00. The van der Waals surface area contributed by atoms with E-state index in [2.05, 4.69) is 25.5 Å². The predicted molar refractivity (Wildman–Crippen MR) is 117 cm³/mol. The van der Waals surface area contributed by atoms with Crippen LogP contribution < -0.4 is 30.7 Å². The SMILES string of the molecule is C=c1[nH]n(-c2ccc(C(=O)[O-])cc2)c(=O)/c1=C/c1ccc(OCC(C)C)c(OCC)c1. The maximum absolute atomic E-state index is 12.9. The first-order valence-corrected chi connectivity index (χ1v) is 10.0. The van der Waals surface area contributed by atoms with Crippen LogP contribution in [0.15, 0.2) is 47.3 Å². The molecule has 3 rings (SSSR count). The van der Waals surface area contributed by atoms with Crippen LogP contribution in [0.5, 0.6) is 11.5 Å². The van der Waals surface area contributed by atoms with Gasteiger partial charge in [0.25, 0.3) is 5.56 Å². The Morgan fingerprint density at radius 3 is 2.48 bits per heavy atom. The van der Waals surface area contributed by atoms with E-state index in [9.17, 15) is 14.7 Å². The van der Waals surface area contributed by atoms with Crippen LogP contribution >= 0.6 is 0 Å². The molecule has 0 spiro atoms. The van der Waals surface area contributed by atoms with Crippen molar-refractivity contribution in [2.45, 2.75) is 20.8 Å². The summed E-state index contributed by atoms with van der Waals surface area (Å²) in [5.74, 6) is 0.370. The molecule has 31 heavy (non-hydrogen) atoms. The van der Waals surface area contributed by atoms with E-state index in [0.29, 0.717) is 46.9 Å². The fraction of sp³-hybridized carbons (Fsp3) is 0.250. The number of aromatic carboxylic acids is 1. The van der Waals surface area contributed by atoms with E-state index in [1.54, 1.807) is 6.08 Å². The number of H-pyrrole nitrogens is 1. The van der Waals surface area contributed by atoms with Crippen LogP contribution in [0.4, 0.5) is 0 Å². The van der Waals surface area contributed by atoms with Crippen molar-refractivity contribution in [3.8, 4) is 17.2 Å². The highest BCUT2D eigenvalue weighted by Gasteiger charge is 2.09. The van der Waals surface area contributed by atoms with Crippen molar-refractivity contribution >= 4 is 18.6 Å². The minimum atomic E-state index is -1.27. The first kappa shape index (κ1) is 22.0. The summed E-state index contributed by atoms with van der Waals surface area (Å²) in [4.78, 5) is 23.9. The lowest BCUT2D eigenvalue weighted by Crippen LogP contribution is -2.34. The van der Waals surface area contributed by atoms with Crippen molar-refractivity contribution in [2.24, 2.45) is 5.92 Å².